The van der Waals surface area contributed by atoms with Crippen LogP contribution in [0, 0.1) is 0 Å². The highest BCUT2D eigenvalue weighted by atomic mass is 16.5. The molecule has 144 valence electrons. The number of methoxy groups -OCH3 is 2. The van der Waals surface area contributed by atoms with Crippen molar-refractivity contribution >= 4 is 0 Å². The minimum absolute atomic E-state index is 0.0258. The number of ether oxygens (including phenoxy) is 5. The third kappa shape index (κ3) is 8.89. The maximum Gasteiger partial charge on any atom is 0.130 e. The van der Waals surface area contributed by atoms with Gasteiger partial charge in [0.1, 0.15) is 17.2 Å². The predicted molar refractivity (Wildman–Crippen MR) is 92.5 cm³/mol. The molecule has 0 saturated carbocycles. The van der Waals surface area contributed by atoms with Crippen LogP contribution in [0.25, 0.3) is 0 Å². The molecule has 1 aromatic carbocycles. The number of phenols is 1. The van der Waals surface area contributed by atoms with E-state index in [1.807, 2.05) is 0 Å². The molecule has 1 aromatic rings. The van der Waals surface area contributed by atoms with Crippen molar-refractivity contribution in [3.8, 4) is 17.2 Å². The topological polar surface area (TPSA) is 98.6 Å². The van der Waals surface area contributed by atoms with Gasteiger partial charge in [-0.05, 0) is 0 Å². The van der Waals surface area contributed by atoms with Crippen molar-refractivity contribution < 1.29 is 33.9 Å². The average Bonchev–Trinajstić information content (AvgIpc) is 2.62. The third-order valence-corrected chi connectivity index (χ3v) is 3.30. The van der Waals surface area contributed by atoms with Crippen LogP contribution in [0.2, 0.25) is 0 Å². The van der Waals surface area contributed by atoms with E-state index in [1.54, 1.807) is 26.4 Å². The van der Waals surface area contributed by atoms with Crippen molar-refractivity contribution in [1.29, 1.82) is 0 Å². The third-order valence-electron chi connectivity index (χ3n) is 3.30. The van der Waals surface area contributed by atoms with E-state index in [9.17, 15) is 5.11 Å². The summed E-state index contributed by atoms with van der Waals surface area (Å²) in [6, 6.07) is 3.11. The molecule has 0 spiro atoms. The van der Waals surface area contributed by atoms with Crippen LogP contribution in [0.1, 0.15) is 5.56 Å². The monoisotopic (exact) mass is 359 g/mol. The summed E-state index contributed by atoms with van der Waals surface area (Å²) in [4.78, 5) is 0. The fraction of sp³-hybridized carbons (Fsp3) is 0.647. The van der Waals surface area contributed by atoms with Crippen molar-refractivity contribution in [3.05, 3.63) is 17.7 Å². The molecule has 0 radical (unpaired) electrons. The summed E-state index contributed by atoms with van der Waals surface area (Å²) in [6.07, 6.45) is 0. The Balaban J connectivity index is 2.12. The highest BCUT2D eigenvalue weighted by Crippen LogP contribution is 2.33. The van der Waals surface area contributed by atoms with Crippen LogP contribution in [0.15, 0.2) is 12.1 Å². The van der Waals surface area contributed by atoms with Gasteiger partial charge in [-0.15, -0.1) is 0 Å². The molecule has 0 atom stereocenters. The van der Waals surface area contributed by atoms with Gasteiger partial charge in [-0.3, -0.25) is 0 Å². The van der Waals surface area contributed by atoms with Gasteiger partial charge >= 0.3 is 0 Å². The van der Waals surface area contributed by atoms with Crippen LogP contribution in [-0.2, 0) is 20.8 Å². The van der Waals surface area contributed by atoms with Crippen LogP contribution >= 0.6 is 0 Å². The summed E-state index contributed by atoms with van der Waals surface area (Å²) in [6.45, 7) is 4.07. The number of aromatic hydroxyl groups is 1. The Morgan fingerprint density at radius 1 is 0.840 bits per heavy atom. The highest BCUT2D eigenvalue weighted by Gasteiger charge is 2.11. The van der Waals surface area contributed by atoms with Gasteiger partial charge in [-0.1, -0.05) is 0 Å². The Hall–Kier alpha value is -1.58. The normalized spacial score (nSPS) is 10.8. The van der Waals surface area contributed by atoms with Crippen LogP contribution in [0.3, 0.4) is 0 Å². The first-order valence-electron chi connectivity index (χ1n) is 8.21. The number of benzene rings is 1. The first-order chi connectivity index (χ1) is 12.2. The van der Waals surface area contributed by atoms with Crippen LogP contribution in [-0.4, -0.2) is 77.2 Å². The number of hydrogen-bond donors (Lipinski definition) is 3. The molecule has 0 fully saturated rings. The second kappa shape index (κ2) is 13.7. The van der Waals surface area contributed by atoms with Crippen molar-refractivity contribution in [2.45, 2.75) is 6.54 Å². The Kier molecular flexibility index (Phi) is 11.7. The minimum atomic E-state index is 0.0258. The van der Waals surface area contributed by atoms with E-state index in [4.69, 9.17) is 28.8 Å². The molecule has 0 aliphatic carbocycles. The highest BCUT2D eigenvalue weighted by molar-refractivity contribution is 5.50. The lowest BCUT2D eigenvalue weighted by molar-refractivity contribution is 0.00818. The van der Waals surface area contributed by atoms with E-state index in [1.165, 1.54) is 0 Å². The first-order valence-corrected chi connectivity index (χ1v) is 8.21. The van der Waals surface area contributed by atoms with Gasteiger partial charge in [0.25, 0.3) is 0 Å². The SMILES string of the molecule is COc1cc(O)cc(OC)c1CNCCOCCOCCOCCO. The summed E-state index contributed by atoms with van der Waals surface area (Å²) in [5, 5.41) is 21.4. The number of phenolic OH excluding ortho intramolecular Hbond substituents is 1. The Morgan fingerprint density at radius 2 is 1.36 bits per heavy atom. The molecule has 0 heterocycles. The summed E-state index contributed by atoms with van der Waals surface area (Å²) in [5.41, 5.74) is 0.842. The van der Waals surface area contributed by atoms with Gasteiger partial charge in [0, 0.05) is 25.2 Å². The predicted octanol–water partition coefficient (Wildman–Crippen LogP) is 0.541. The number of rotatable bonds is 15. The van der Waals surface area contributed by atoms with E-state index in [0.29, 0.717) is 64.2 Å². The number of nitrogens with one attached hydrogen (secondary N) is 1. The van der Waals surface area contributed by atoms with Crippen LogP contribution < -0.4 is 14.8 Å². The van der Waals surface area contributed by atoms with E-state index in [-0.39, 0.29) is 12.4 Å². The van der Waals surface area contributed by atoms with Crippen molar-refractivity contribution in [2.24, 2.45) is 0 Å². The zero-order valence-electron chi connectivity index (χ0n) is 15.0. The molecular weight excluding hydrogens is 330 g/mol. The summed E-state index contributed by atoms with van der Waals surface area (Å²) in [7, 11) is 3.10. The standard InChI is InChI=1S/C17H29NO7/c1-21-16-11-14(20)12-17(22-2)15(16)13-18-3-5-23-7-9-25-10-8-24-6-4-19/h11-12,18-20H,3-10,13H2,1-2H3. The number of hydrogen-bond acceptors (Lipinski definition) is 8. The smallest absolute Gasteiger partial charge is 0.130 e. The molecule has 0 amide bonds. The first kappa shape index (κ1) is 21.5. The van der Waals surface area contributed by atoms with Gasteiger partial charge in [0.15, 0.2) is 0 Å². The molecule has 0 bridgehead atoms. The van der Waals surface area contributed by atoms with Gasteiger partial charge in [-0.25, -0.2) is 0 Å². The van der Waals surface area contributed by atoms with Crippen molar-refractivity contribution in [1.82, 2.24) is 5.32 Å². The molecule has 8 heteroatoms. The summed E-state index contributed by atoms with van der Waals surface area (Å²) in [5.74, 6) is 1.24. The van der Waals surface area contributed by atoms with Gasteiger partial charge < -0.3 is 39.2 Å². The number of aliphatic hydroxyl groups excluding tert-OH is 1. The molecule has 0 aliphatic rings. The van der Waals surface area contributed by atoms with Gasteiger partial charge in [-0.2, -0.15) is 0 Å². The second-order valence-corrected chi connectivity index (χ2v) is 5.07. The Morgan fingerprint density at radius 3 is 1.88 bits per heavy atom. The maximum atomic E-state index is 9.62. The molecule has 0 aliphatic heterocycles. The lowest BCUT2D eigenvalue weighted by atomic mass is 10.1. The lowest BCUT2D eigenvalue weighted by Gasteiger charge is -2.14. The lowest BCUT2D eigenvalue weighted by Crippen LogP contribution is -2.21. The molecule has 0 aromatic heterocycles. The zero-order valence-corrected chi connectivity index (χ0v) is 15.0. The van der Waals surface area contributed by atoms with E-state index < -0.39 is 0 Å². The van der Waals surface area contributed by atoms with Gasteiger partial charge in [0.2, 0.25) is 0 Å². The fourth-order valence-electron chi connectivity index (χ4n) is 2.11. The zero-order chi connectivity index (χ0) is 18.3. The summed E-state index contributed by atoms with van der Waals surface area (Å²) >= 11 is 0. The minimum Gasteiger partial charge on any atom is -0.508 e. The average molecular weight is 359 g/mol. The molecule has 0 saturated heterocycles. The maximum absolute atomic E-state index is 9.62. The molecule has 25 heavy (non-hydrogen) atoms. The Bertz CT molecular complexity index is 445. The fourth-order valence-corrected chi connectivity index (χ4v) is 2.11. The quantitative estimate of drug-likeness (QED) is 0.390. The van der Waals surface area contributed by atoms with Gasteiger partial charge in [0.05, 0.1) is 66.0 Å². The van der Waals surface area contributed by atoms with E-state index in [2.05, 4.69) is 5.32 Å². The van der Waals surface area contributed by atoms with Crippen molar-refractivity contribution in [3.63, 3.8) is 0 Å². The second-order valence-electron chi connectivity index (χ2n) is 5.07. The van der Waals surface area contributed by atoms with Crippen molar-refractivity contribution in [2.75, 3.05) is 67.0 Å². The van der Waals surface area contributed by atoms with E-state index >= 15 is 0 Å². The molecule has 1 rings (SSSR count). The Labute approximate surface area is 148 Å². The molecular formula is C17H29NO7. The van der Waals surface area contributed by atoms with Crippen LogP contribution in [0.4, 0.5) is 0 Å². The summed E-state index contributed by atoms with van der Waals surface area (Å²) < 4.78 is 26.4. The molecule has 8 nitrogen and oxygen atoms in total. The molecule has 3 N–H and O–H groups in total. The largest absolute Gasteiger partial charge is 0.508 e. The van der Waals surface area contributed by atoms with Crippen LogP contribution in [0.5, 0.6) is 17.2 Å². The molecule has 0 unspecified atom stereocenters. The number of aliphatic hydroxyl groups is 1. The van der Waals surface area contributed by atoms with E-state index in [0.717, 1.165) is 5.56 Å².